The fourth-order valence-electron chi connectivity index (χ4n) is 7.06. The molecule has 2 aromatic carbocycles. The van der Waals surface area contributed by atoms with Gasteiger partial charge in [0.25, 0.3) is 5.91 Å². The van der Waals surface area contributed by atoms with Crippen LogP contribution in [-0.4, -0.2) is 97.0 Å². The third kappa shape index (κ3) is 12.1. The molecule has 2 bridgehead atoms. The van der Waals surface area contributed by atoms with Gasteiger partial charge in [0.2, 0.25) is 5.91 Å². The first-order chi connectivity index (χ1) is 29.0. The summed E-state index contributed by atoms with van der Waals surface area (Å²) in [7, 11) is 1.66. The van der Waals surface area contributed by atoms with Gasteiger partial charge in [-0.3, -0.25) is 15.0 Å². The molecule has 0 heterocycles. The molecule has 0 aliphatic heterocycles. The van der Waals surface area contributed by atoms with E-state index in [0.717, 1.165) is 49.2 Å². The maximum atomic E-state index is 15.9. The summed E-state index contributed by atoms with van der Waals surface area (Å²) >= 11 is 1.98. The number of amides is 4. The van der Waals surface area contributed by atoms with Crippen LogP contribution in [0.3, 0.4) is 0 Å². The highest BCUT2D eigenvalue weighted by Crippen LogP contribution is 2.57. The Balaban J connectivity index is 1.75. The number of alkyl halides is 6. The lowest BCUT2D eigenvalue weighted by Gasteiger charge is -2.62. The van der Waals surface area contributed by atoms with Crippen molar-refractivity contribution in [2.24, 2.45) is 22.5 Å². The van der Waals surface area contributed by atoms with Crippen molar-refractivity contribution >= 4 is 52.3 Å². The lowest BCUT2D eigenvalue weighted by atomic mass is 9.50. The van der Waals surface area contributed by atoms with Crippen LogP contribution in [0.5, 0.6) is 0 Å². The van der Waals surface area contributed by atoms with Crippen molar-refractivity contribution in [2.75, 3.05) is 20.8 Å². The third-order valence-corrected chi connectivity index (χ3v) is 12.3. The van der Waals surface area contributed by atoms with Crippen LogP contribution < -0.4 is 32.4 Å². The zero-order valence-electron chi connectivity index (χ0n) is 35.0. The fourth-order valence-corrected chi connectivity index (χ4v) is 7.42. The van der Waals surface area contributed by atoms with Gasteiger partial charge in [0.05, 0.1) is 42.9 Å². The van der Waals surface area contributed by atoms with Gasteiger partial charge in [-0.2, -0.15) is 26.3 Å². The molecule has 350 valence electrons. The number of hydrogen-bond donors (Lipinski definition) is 7. The largest absolute Gasteiger partial charge is 0.453 e. The third-order valence-electron chi connectivity index (χ3n) is 11.6. The van der Waals surface area contributed by atoms with E-state index < -0.39 is 102 Å². The zero-order valence-corrected chi connectivity index (χ0v) is 37.2. The SMILES string of the molecule is COC(=O)N[C@H](C(=O)N[C@@H](Cc1ccc(I)cc1)[C@@H](O)CN(Cc1c(F)cc(/C(N)=C/NC23CC(C2)C3)cc1F)NC(=O)[C@@H](NC(=O)OC)C(C)(C)C(F)(F)F)C(C)(C)C(F)(F)F. The van der Waals surface area contributed by atoms with Crippen LogP contribution in [0.1, 0.15) is 63.6 Å². The molecule has 3 saturated carbocycles. The summed E-state index contributed by atoms with van der Waals surface area (Å²) in [6, 6.07) is 1.62. The molecular weight excluding hydrogens is 969 g/mol. The number of rotatable bonds is 18. The molecule has 3 fully saturated rings. The molecule has 8 N–H and O–H groups in total. The van der Waals surface area contributed by atoms with E-state index in [4.69, 9.17) is 5.73 Å². The number of hydrogen-bond acceptors (Lipinski definition) is 10. The minimum Gasteiger partial charge on any atom is -0.453 e. The Bertz CT molecular complexity index is 2000. The number of nitrogens with zero attached hydrogens (tertiary/aromatic N) is 1. The molecule has 23 heteroatoms. The highest BCUT2D eigenvalue weighted by molar-refractivity contribution is 14.1. The topological polar surface area (TPSA) is 196 Å². The summed E-state index contributed by atoms with van der Waals surface area (Å²) in [6.45, 7) is 0.411. The Kier molecular flexibility index (Phi) is 15.9. The molecule has 2 aromatic rings. The second-order valence-corrected chi connectivity index (χ2v) is 18.1. The lowest BCUT2D eigenvalue weighted by Crippen LogP contribution is -2.65. The molecule has 0 unspecified atom stereocenters. The first-order valence-corrected chi connectivity index (χ1v) is 20.4. The minimum atomic E-state index is -5.16. The van der Waals surface area contributed by atoms with Crippen LogP contribution in [0.2, 0.25) is 0 Å². The summed E-state index contributed by atoms with van der Waals surface area (Å²) < 4.78 is 127. The van der Waals surface area contributed by atoms with E-state index >= 15 is 8.78 Å². The Labute approximate surface area is 371 Å². The van der Waals surface area contributed by atoms with Gasteiger partial charge in [0.1, 0.15) is 23.7 Å². The number of nitrogens with one attached hydrogen (secondary N) is 5. The van der Waals surface area contributed by atoms with Gasteiger partial charge in [-0.05, 0) is 112 Å². The van der Waals surface area contributed by atoms with E-state index in [2.05, 4.69) is 25.5 Å². The Morgan fingerprint density at radius 1 is 0.857 bits per heavy atom. The first kappa shape index (κ1) is 51.0. The number of alkyl carbamates (subject to hydrolysis) is 2. The maximum absolute atomic E-state index is 15.9. The van der Waals surface area contributed by atoms with Crippen molar-refractivity contribution in [1.82, 2.24) is 31.7 Å². The number of carbonyl (C=O) groups is 4. The van der Waals surface area contributed by atoms with Crippen molar-refractivity contribution in [1.29, 1.82) is 0 Å². The monoisotopic (exact) mass is 1020 g/mol. The number of hydrazine groups is 1. The van der Waals surface area contributed by atoms with Crippen LogP contribution in [0.15, 0.2) is 42.6 Å². The van der Waals surface area contributed by atoms with E-state index in [9.17, 15) is 50.6 Å². The molecule has 0 aromatic heterocycles. The summed E-state index contributed by atoms with van der Waals surface area (Å²) in [5.74, 6) is -4.94. The van der Waals surface area contributed by atoms with Gasteiger partial charge in [0.15, 0.2) is 0 Å². The van der Waals surface area contributed by atoms with Gasteiger partial charge in [-0.25, -0.2) is 23.4 Å². The van der Waals surface area contributed by atoms with Gasteiger partial charge in [-0.1, -0.05) is 12.1 Å². The Morgan fingerprint density at radius 3 is 1.76 bits per heavy atom. The van der Waals surface area contributed by atoms with Crippen molar-refractivity contribution in [3.8, 4) is 0 Å². The lowest BCUT2D eigenvalue weighted by molar-refractivity contribution is -0.221. The maximum Gasteiger partial charge on any atom is 0.407 e. The summed E-state index contributed by atoms with van der Waals surface area (Å²) in [5.41, 5.74) is 1.58. The number of ether oxygens (including phenoxy) is 2. The van der Waals surface area contributed by atoms with Crippen molar-refractivity contribution in [3.05, 3.63) is 74.5 Å². The highest BCUT2D eigenvalue weighted by atomic mass is 127. The number of aliphatic hydroxyl groups is 1. The quantitative estimate of drug-likeness (QED) is 0.0568. The van der Waals surface area contributed by atoms with Gasteiger partial charge in [-0.15, -0.1) is 0 Å². The van der Waals surface area contributed by atoms with E-state index in [-0.39, 0.29) is 23.2 Å². The van der Waals surface area contributed by atoms with E-state index in [1.54, 1.807) is 29.6 Å². The van der Waals surface area contributed by atoms with Crippen LogP contribution in [0.25, 0.3) is 5.70 Å². The second kappa shape index (κ2) is 19.6. The van der Waals surface area contributed by atoms with Crippen molar-refractivity contribution < 1.29 is 68.9 Å². The van der Waals surface area contributed by atoms with Gasteiger partial charge in [0, 0.05) is 39.5 Å². The molecular formula is C40H50F8IN7O7. The molecule has 3 aliphatic rings. The fraction of sp³-hybridized carbons (Fsp3) is 0.550. The van der Waals surface area contributed by atoms with Crippen LogP contribution in [-0.2, 0) is 32.0 Å². The number of methoxy groups -OCH3 is 2. The van der Waals surface area contributed by atoms with Crippen LogP contribution >= 0.6 is 22.6 Å². The minimum absolute atomic E-state index is 0.0290. The predicted molar refractivity (Wildman–Crippen MR) is 219 cm³/mol. The summed E-state index contributed by atoms with van der Waals surface area (Å²) in [4.78, 5) is 52.0. The van der Waals surface area contributed by atoms with Crippen molar-refractivity contribution in [3.63, 3.8) is 0 Å². The molecule has 0 spiro atoms. The van der Waals surface area contributed by atoms with E-state index in [1.165, 1.54) is 6.20 Å². The van der Waals surface area contributed by atoms with E-state index in [1.807, 2.05) is 27.9 Å². The number of carbonyl (C=O) groups excluding carboxylic acids is 4. The first-order valence-electron chi connectivity index (χ1n) is 19.4. The molecule has 0 radical (unpaired) electrons. The molecule has 4 amide bonds. The summed E-state index contributed by atoms with van der Waals surface area (Å²) in [6.07, 6.45) is -11.3. The zero-order chi connectivity index (χ0) is 47.5. The molecule has 0 saturated heterocycles. The molecule has 3 aliphatic carbocycles. The van der Waals surface area contributed by atoms with Crippen molar-refractivity contribution in [2.45, 2.75) is 102 Å². The normalized spacial score (nSPS) is 19.6. The molecule has 5 rings (SSSR count). The average Bonchev–Trinajstić information content (AvgIpc) is 3.14. The Morgan fingerprint density at radius 2 is 1.33 bits per heavy atom. The van der Waals surface area contributed by atoms with Crippen LogP contribution in [0, 0.1) is 32.0 Å². The number of aliphatic hydroxyl groups excluding tert-OH is 1. The number of nitrogens with two attached hydrogens (primary N) is 1. The molecule has 4 atom stereocenters. The second-order valence-electron chi connectivity index (χ2n) is 16.9. The smallest absolute Gasteiger partial charge is 0.407 e. The highest BCUT2D eigenvalue weighted by Gasteiger charge is 2.58. The van der Waals surface area contributed by atoms with Gasteiger partial charge < -0.3 is 41.6 Å². The number of benzene rings is 2. The van der Waals surface area contributed by atoms with E-state index in [0.29, 0.717) is 44.2 Å². The number of halogens is 9. The Hall–Kier alpha value is -4.65. The predicted octanol–water partition coefficient (Wildman–Crippen LogP) is 5.52. The summed E-state index contributed by atoms with van der Waals surface area (Å²) in [5, 5.41) is 21.5. The van der Waals surface area contributed by atoms with Gasteiger partial charge >= 0.3 is 24.5 Å². The molecule has 63 heavy (non-hydrogen) atoms. The molecule has 14 nitrogen and oxygen atoms in total. The standard InChI is InChI=1S/C40H50F8IN7O7/c1-36(2,39(43,44)45)30(53-34(60)62-5)32(58)52-28(11-20-7-9-23(49)10-8-20)29(57)19-56(55-33(59)31(54-35(61)63-6)37(3,4)40(46,47)48)18-24-25(41)12-22(13-26(24)42)27(50)17-51-38-14-21(15-38)16-38/h7-10,12-13,17,21,28-31,51,57H,11,14-16,18-19,50H2,1-6H3,(H,52,58)(H,53,60)(H,54,61)(H,55,59)/b27-17-/t21?,28-,29-,30+,31+,38?/m0/s1. The van der Waals surface area contributed by atoms with Crippen LogP contribution in [0.4, 0.5) is 44.7 Å². The average molecular weight is 1020 g/mol.